The van der Waals surface area contributed by atoms with Crippen molar-refractivity contribution >= 4 is 8.56 Å². The molecular formula is C8H22N2O2Si. The Balaban J connectivity index is 5.17. The first-order valence-corrected chi connectivity index (χ1v) is 6.20. The Morgan fingerprint density at radius 2 is 1.00 bits per heavy atom. The molecule has 0 unspecified atom stereocenters. The number of rotatable bonds is 2. The summed E-state index contributed by atoms with van der Waals surface area (Å²) in [4.78, 5) is 0. The van der Waals surface area contributed by atoms with Crippen molar-refractivity contribution in [1.82, 2.24) is 0 Å². The van der Waals surface area contributed by atoms with Gasteiger partial charge in [-0.25, -0.2) is 11.8 Å². The van der Waals surface area contributed by atoms with E-state index < -0.39 is 8.56 Å². The average molecular weight is 206 g/mol. The molecule has 0 aromatic carbocycles. The van der Waals surface area contributed by atoms with Crippen LogP contribution in [0.3, 0.4) is 0 Å². The molecule has 13 heavy (non-hydrogen) atoms. The van der Waals surface area contributed by atoms with Gasteiger partial charge in [0.05, 0.1) is 0 Å². The maximum atomic E-state index is 5.35. The monoisotopic (exact) mass is 206 g/mol. The summed E-state index contributed by atoms with van der Waals surface area (Å²) in [5.74, 6) is 10.7. The van der Waals surface area contributed by atoms with Crippen LogP contribution in [-0.2, 0) is 9.05 Å². The van der Waals surface area contributed by atoms with Crippen LogP contribution in [0.2, 0.25) is 10.1 Å². The first-order valence-electron chi connectivity index (χ1n) is 4.38. The van der Waals surface area contributed by atoms with Gasteiger partial charge in [0.2, 0.25) is 0 Å². The summed E-state index contributed by atoms with van der Waals surface area (Å²) in [5.41, 5.74) is 0. The van der Waals surface area contributed by atoms with E-state index >= 15 is 0 Å². The predicted molar refractivity (Wildman–Crippen MR) is 55.7 cm³/mol. The summed E-state index contributed by atoms with van der Waals surface area (Å²) < 4.78 is 10.2. The van der Waals surface area contributed by atoms with Crippen molar-refractivity contribution in [2.45, 2.75) is 51.6 Å². The van der Waals surface area contributed by atoms with E-state index in [9.17, 15) is 0 Å². The number of hydrogen-bond donors (Lipinski definition) is 2. The Morgan fingerprint density at radius 3 is 1.00 bits per heavy atom. The van der Waals surface area contributed by atoms with Gasteiger partial charge < -0.3 is 9.05 Å². The molecule has 0 aliphatic rings. The standard InChI is InChI=1S/C8H22N2O2Si/c1-7(2,3)13(11-9,12-10)8(4,5)6/h9-10H2,1-6H3. The molecule has 0 spiro atoms. The number of hydrogen-bond acceptors (Lipinski definition) is 4. The largest absolute Gasteiger partial charge is 0.386 e. The molecule has 80 valence electrons. The minimum atomic E-state index is -2.59. The molecule has 0 saturated heterocycles. The van der Waals surface area contributed by atoms with Crippen molar-refractivity contribution in [3.05, 3.63) is 0 Å². The van der Waals surface area contributed by atoms with Crippen molar-refractivity contribution in [3.63, 3.8) is 0 Å². The first kappa shape index (κ1) is 13.1. The Bertz CT molecular complexity index is 152. The summed E-state index contributed by atoms with van der Waals surface area (Å²) in [6.07, 6.45) is 0. The summed E-state index contributed by atoms with van der Waals surface area (Å²) in [6, 6.07) is 0. The van der Waals surface area contributed by atoms with Crippen LogP contribution in [0.1, 0.15) is 41.5 Å². The third kappa shape index (κ3) is 2.11. The van der Waals surface area contributed by atoms with Gasteiger partial charge in [-0.15, -0.1) is 0 Å². The second kappa shape index (κ2) is 3.66. The molecule has 0 aromatic heterocycles. The molecule has 5 heteroatoms. The summed E-state index contributed by atoms with van der Waals surface area (Å²) in [6.45, 7) is 12.2. The smallest absolute Gasteiger partial charge is 0.313 e. The first-order chi connectivity index (χ1) is 5.62. The Hall–Kier alpha value is 0.0569. The van der Waals surface area contributed by atoms with Crippen LogP contribution < -0.4 is 11.8 Å². The molecular weight excluding hydrogens is 184 g/mol. The van der Waals surface area contributed by atoms with Gasteiger partial charge >= 0.3 is 8.56 Å². The van der Waals surface area contributed by atoms with Crippen molar-refractivity contribution in [2.75, 3.05) is 0 Å². The number of nitrogens with two attached hydrogens (primary N) is 2. The molecule has 0 atom stereocenters. The van der Waals surface area contributed by atoms with E-state index in [1.807, 2.05) is 41.5 Å². The molecule has 0 aromatic rings. The highest BCUT2D eigenvalue weighted by Gasteiger charge is 2.58. The van der Waals surface area contributed by atoms with Crippen LogP contribution in [-0.4, -0.2) is 8.56 Å². The molecule has 0 rings (SSSR count). The molecule has 0 fully saturated rings. The molecule has 4 N–H and O–H groups in total. The lowest BCUT2D eigenvalue weighted by molar-refractivity contribution is 0.128. The second-order valence-corrected chi connectivity index (χ2v) is 10.1. The zero-order valence-electron chi connectivity index (χ0n) is 9.47. The second-order valence-electron chi connectivity index (χ2n) is 5.35. The fourth-order valence-corrected chi connectivity index (χ4v) is 5.58. The highest BCUT2D eigenvalue weighted by atomic mass is 28.4. The molecule has 0 saturated carbocycles. The fourth-order valence-electron chi connectivity index (χ4n) is 1.86. The van der Waals surface area contributed by atoms with Crippen molar-refractivity contribution in [3.8, 4) is 0 Å². The minimum Gasteiger partial charge on any atom is -0.313 e. The van der Waals surface area contributed by atoms with E-state index in [-0.39, 0.29) is 10.1 Å². The Kier molecular flexibility index (Phi) is 3.68. The maximum Gasteiger partial charge on any atom is 0.386 e. The van der Waals surface area contributed by atoms with Crippen molar-refractivity contribution < 1.29 is 9.05 Å². The van der Waals surface area contributed by atoms with E-state index in [0.717, 1.165) is 0 Å². The molecule has 0 aliphatic heterocycles. The van der Waals surface area contributed by atoms with E-state index in [4.69, 9.17) is 20.8 Å². The fraction of sp³-hybridized carbons (Fsp3) is 1.00. The van der Waals surface area contributed by atoms with Crippen LogP contribution in [0.15, 0.2) is 0 Å². The Labute approximate surface area is 81.7 Å². The molecule has 4 nitrogen and oxygen atoms in total. The van der Waals surface area contributed by atoms with Gasteiger partial charge in [0, 0.05) is 10.1 Å². The van der Waals surface area contributed by atoms with E-state index in [1.54, 1.807) is 0 Å². The van der Waals surface area contributed by atoms with Crippen molar-refractivity contribution in [1.29, 1.82) is 0 Å². The quantitative estimate of drug-likeness (QED) is 0.534. The molecule has 0 radical (unpaired) electrons. The van der Waals surface area contributed by atoms with Crippen molar-refractivity contribution in [2.24, 2.45) is 11.8 Å². The van der Waals surface area contributed by atoms with Crippen LogP contribution >= 0.6 is 0 Å². The maximum absolute atomic E-state index is 5.35. The van der Waals surface area contributed by atoms with Gasteiger partial charge in [-0.05, 0) is 0 Å². The summed E-state index contributed by atoms with van der Waals surface area (Å²) >= 11 is 0. The van der Waals surface area contributed by atoms with Crippen LogP contribution in [0.25, 0.3) is 0 Å². The van der Waals surface area contributed by atoms with E-state index in [2.05, 4.69) is 0 Å². The zero-order valence-corrected chi connectivity index (χ0v) is 10.5. The summed E-state index contributed by atoms with van der Waals surface area (Å²) in [7, 11) is -2.59. The lowest BCUT2D eigenvalue weighted by Gasteiger charge is -2.45. The average Bonchev–Trinajstić information content (AvgIpc) is 1.84. The summed E-state index contributed by atoms with van der Waals surface area (Å²) in [5, 5.41) is -0.316. The van der Waals surface area contributed by atoms with E-state index in [1.165, 1.54) is 0 Å². The zero-order chi connectivity index (χ0) is 10.9. The normalized spacial score (nSPS) is 14.8. The minimum absolute atomic E-state index is 0.158. The molecule has 0 heterocycles. The van der Waals surface area contributed by atoms with Gasteiger partial charge in [-0.2, -0.15) is 0 Å². The SMILES string of the molecule is CC(C)(C)[Si](ON)(ON)C(C)(C)C. The van der Waals surface area contributed by atoms with Crippen LogP contribution in [0, 0.1) is 0 Å². The lowest BCUT2D eigenvalue weighted by Crippen LogP contribution is -2.60. The molecule has 0 amide bonds. The van der Waals surface area contributed by atoms with Gasteiger partial charge in [-0.3, -0.25) is 0 Å². The van der Waals surface area contributed by atoms with Gasteiger partial charge in [-0.1, -0.05) is 41.5 Å². The van der Waals surface area contributed by atoms with Crippen LogP contribution in [0.5, 0.6) is 0 Å². The highest BCUT2D eigenvalue weighted by molar-refractivity contribution is 6.73. The van der Waals surface area contributed by atoms with Crippen LogP contribution in [0.4, 0.5) is 0 Å². The van der Waals surface area contributed by atoms with Gasteiger partial charge in [0.25, 0.3) is 0 Å². The molecule has 0 bridgehead atoms. The third-order valence-electron chi connectivity index (χ3n) is 2.31. The topological polar surface area (TPSA) is 70.5 Å². The predicted octanol–water partition coefficient (Wildman–Crippen LogP) is 1.81. The third-order valence-corrected chi connectivity index (χ3v) is 6.92. The van der Waals surface area contributed by atoms with Gasteiger partial charge in [0.1, 0.15) is 0 Å². The lowest BCUT2D eigenvalue weighted by atomic mass is 10.2. The highest BCUT2D eigenvalue weighted by Crippen LogP contribution is 2.50. The molecule has 0 aliphatic carbocycles. The van der Waals surface area contributed by atoms with Gasteiger partial charge in [0.15, 0.2) is 0 Å². The van der Waals surface area contributed by atoms with E-state index in [0.29, 0.717) is 0 Å². The Morgan fingerprint density at radius 1 is 0.769 bits per heavy atom.